The van der Waals surface area contributed by atoms with Gasteiger partial charge in [0.25, 0.3) is 0 Å². The predicted octanol–water partition coefficient (Wildman–Crippen LogP) is 2.70. The zero-order chi connectivity index (χ0) is 25.3. The van der Waals surface area contributed by atoms with Crippen molar-refractivity contribution in [2.45, 2.75) is 74.5 Å². The first kappa shape index (κ1) is 26.8. The van der Waals surface area contributed by atoms with Crippen LogP contribution in [-0.4, -0.2) is 92.4 Å². The fraction of sp³-hybridized carbons (Fsp3) is 0.731. The maximum absolute atomic E-state index is 14.2. The van der Waals surface area contributed by atoms with E-state index in [0.717, 1.165) is 25.7 Å². The number of aliphatic hydroxyl groups excluding tert-OH is 1. The van der Waals surface area contributed by atoms with Gasteiger partial charge >= 0.3 is 0 Å². The summed E-state index contributed by atoms with van der Waals surface area (Å²) in [5.74, 6) is -1.23. The van der Waals surface area contributed by atoms with Gasteiger partial charge < -0.3 is 19.8 Å². The van der Waals surface area contributed by atoms with E-state index in [-0.39, 0.29) is 35.1 Å². The fourth-order valence-electron chi connectivity index (χ4n) is 6.44. The Labute approximate surface area is 208 Å². The van der Waals surface area contributed by atoms with Crippen LogP contribution in [0.4, 0.5) is 0 Å². The summed E-state index contributed by atoms with van der Waals surface area (Å²) in [4.78, 5) is 46.9. The van der Waals surface area contributed by atoms with E-state index >= 15 is 0 Å². The number of likely N-dealkylation sites (tertiary alicyclic amines) is 1. The van der Waals surface area contributed by atoms with Gasteiger partial charge in [0.05, 0.1) is 16.6 Å². The second-order valence-corrected chi connectivity index (χ2v) is 12.2. The maximum atomic E-state index is 14.2. The Morgan fingerprint density at radius 3 is 2.53 bits per heavy atom. The number of nitrogens with zero attached hydrogens (tertiary/aromatic N) is 3. The number of carbonyl (C=O) groups excluding carboxylic acids is 3. The summed E-state index contributed by atoms with van der Waals surface area (Å²) in [5.41, 5.74) is 0. The van der Waals surface area contributed by atoms with Gasteiger partial charge in [0, 0.05) is 44.1 Å². The summed E-state index contributed by atoms with van der Waals surface area (Å²) in [5, 5.41) is 9.51. The van der Waals surface area contributed by atoms with Crippen LogP contribution < -0.4 is 0 Å². The van der Waals surface area contributed by atoms with E-state index < -0.39 is 22.6 Å². The molecule has 34 heavy (non-hydrogen) atoms. The smallest absolute Gasteiger partial charge is 0.247 e. The third kappa shape index (κ3) is 4.21. The van der Waals surface area contributed by atoms with E-state index in [1.807, 2.05) is 11.8 Å². The van der Waals surface area contributed by atoms with Gasteiger partial charge in [0.15, 0.2) is 0 Å². The van der Waals surface area contributed by atoms with Crippen LogP contribution in [0.3, 0.4) is 0 Å². The van der Waals surface area contributed by atoms with E-state index in [0.29, 0.717) is 26.1 Å². The van der Waals surface area contributed by atoms with Crippen molar-refractivity contribution in [3.63, 3.8) is 0 Å². The largest absolute Gasteiger partial charge is 0.396 e. The third-order valence-electron chi connectivity index (χ3n) is 7.96. The number of hydrogen-bond donors (Lipinski definition) is 1. The molecule has 3 rings (SSSR count). The average Bonchev–Trinajstić information content (AvgIpc) is 3.36. The summed E-state index contributed by atoms with van der Waals surface area (Å²) in [6.45, 7) is 14.9. The predicted molar refractivity (Wildman–Crippen MR) is 136 cm³/mol. The van der Waals surface area contributed by atoms with Crippen LogP contribution >= 0.6 is 11.8 Å². The molecule has 0 aromatic carbocycles. The Hall–Kier alpha value is -1.80. The van der Waals surface area contributed by atoms with Crippen molar-refractivity contribution in [1.82, 2.24) is 14.7 Å². The Morgan fingerprint density at radius 2 is 1.94 bits per heavy atom. The first-order valence-electron chi connectivity index (χ1n) is 12.5. The SMILES string of the molecule is C=CCN(C)C(=O)[C@H]1[C@H]2C(=O)N(CCCO)C(C(=O)N(CC=C)C(C)CCC)C23CC[C@]1(C)S3. The van der Waals surface area contributed by atoms with Gasteiger partial charge in [-0.05, 0) is 39.5 Å². The molecule has 8 heteroatoms. The zero-order valence-corrected chi connectivity index (χ0v) is 22.0. The number of amides is 3. The summed E-state index contributed by atoms with van der Waals surface area (Å²) in [6, 6.07) is -0.610. The number of carbonyl (C=O) groups is 3. The molecule has 0 saturated carbocycles. The van der Waals surface area contributed by atoms with Gasteiger partial charge in [-0.2, -0.15) is 0 Å². The summed E-state index contributed by atoms with van der Waals surface area (Å²) < 4.78 is -1.01. The number of aliphatic hydroxyl groups is 1. The van der Waals surface area contributed by atoms with Crippen LogP contribution in [0.25, 0.3) is 0 Å². The van der Waals surface area contributed by atoms with Crippen molar-refractivity contribution in [3.8, 4) is 0 Å². The van der Waals surface area contributed by atoms with Gasteiger partial charge in [-0.25, -0.2) is 0 Å². The van der Waals surface area contributed by atoms with Crippen LogP contribution in [-0.2, 0) is 14.4 Å². The standard InChI is InChI=1S/C26H41N3O4S/c1-7-11-18(4)28(15-9-3)24(33)21-26-13-12-25(5,34-26)19(22(31)27(6)14-8-2)20(26)23(32)29(21)16-10-17-30/h8-9,18-21,30H,2-3,7,10-17H2,1,4-6H3/t18?,19-,20+,21?,25+,26?/m1/s1. The number of hydrogen-bond acceptors (Lipinski definition) is 5. The first-order valence-corrected chi connectivity index (χ1v) is 13.3. The molecular weight excluding hydrogens is 450 g/mol. The van der Waals surface area contributed by atoms with Gasteiger partial charge in [-0.3, -0.25) is 14.4 Å². The van der Waals surface area contributed by atoms with E-state index in [9.17, 15) is 19.5 Å². The molecular formula is C26H41N3O4S. The van der Waals surface area contributed by atoms with E-state index in [1.54, 1.807) is 40.8 Å². The lowest BCUT2D eigenvalue weighted by Crippen LogP contribution is -2.56. The molecule has 6 atom stereocenters. The second kappa shape index (κ2) is 10.4. The number of thioether (sulfide) groups is 1. The van der Waals surface area contributed by atoms with E-state index in [1.165, 1.54) is 0 Å². The van der Waals surface area contributed by atoms with Crippen molar-refractivity contribution < 1.29 is 19.5 Å². The molecule has 3 saturated heterocycles. The number of fused-ring (bicyclic) bond motifs is 1. The lowest BCUT2D eigenvalue weighted by atomic mass is 9.66. The van der Waals surface area contributed by atoms with Gasteiger partial charge in [-0.15, -0.1) is 24.9 Å². The molecule has 0 aliphatic carbocycles. The molecule has 190 valence electrons. The highest BCUT2D eigenvalue weighted by Gasteiger charge is 2.77. The third-order valence-corrected chi connectivity index (χ3v) is 9.95. The highest BCUT2D eigenvalue weighted by Crippen LogP contribution is 2.71. The van der Waals surface area contributed by atoms with Crippen LogP contribution in [0.15, 0.2) is 25.3 Å². The Morgan fingerprint density at radius 1 is 1.26 bits per heavy atom. The minimum atomic E-state index is -0.634. The molecule has 0 radical (unpaired) electrons. The fourth-order valence-corrected chi connectivity index (χ4v) is 8.78. The normalized spacial score (nSPS) is 32.4. The van der Waals surface area contributed by atoms with Crippen molar-refractivity contribution in [2.75, 3.05) is 33.3 Å². The molecule has 1 N–H and O–H groups in total. The van der Waals surface area contributed by atoms with Crippen molar-refractivity contribution >= 4 is 29.5 Å². The first-order chi connectivity index (χ1) is 16.1. The van der Waals surface area contributed by atoms with Gasteiger partial charge in [0.2, 0.25) is 17.7 Å². The molecule has 3 aliphatic heterocycles. The van der Waals surface area contributed by atoms with Gasteiger partial charge in [0.1, 0.15) is 6.04 Å². The number of rotatable bonds is 12. The second-order valence-electron chi connectivity index (χ2n) is 10.3. The molecule has 1 spiro atoms. The molecule has 3 amide bonds. The average molecular weight is 492 g/mol. The van der Waals surface area contributed by atoms with Crippen LogP contribution in [0.2, 0.25) is 0 Å². The Kier molecular flexibility index (Phi) is 8.23. The quantitative estimate of drug-likeness (QED) is 0.425. The minimum Gasteiger partial charge on any atom is -0.396 e. The van der Waals surface area contributed by atoms with Crippen molar-refractivity contribution in [2.24, 2.45) is 11.8 Å². The molecule has 3 unspecified atom stereocenters. The molecule has 2 bridgehead atoms. The Balaban J connectivity index is 2.06. The summed E-state index contributed by atoms with van der Waals surface area (Å²) in [6.07, 6.45) is 7.18. The maximum Gasteiger partial charge on any atom is 0.247 e. The molecule has 0 aromatic heterocycles. The lowest BCUT2D eigenvalue weighted by Gasteiger charge is -2.39. The molecule has 0 aromatic rings. The summed E-state index contributed by atoms with van der Waals surface area (Å²) >= 11 is 1.69. The van der Waals surface area contributed by atoms with Crippen molar-refractivity contribution in [3.05, 3.63) is 25.3 Å². The Bertz CT molecular complexity index is 835. The molecule has 3 fully saturated rings. The molecule has 3 heterocycles. The van der Waals surface area contributed by atoms with E-state index in [4.69, 9.17) is 0 Å². The highest BCUT2D eigenvalue weighted by molar-refractivity contribution is 8.02. The monoisotopic (exact) mass is 491 g/mol. The van der Waals surface area contributed by atoms with Crippen LogP contribution in [0.1, 0.15) is 52.9 Å². The highest BCUT2D eigenvalue weighted by atomic mass is 32.2. The van der Waals surface area contributed by atoms with Crippen LogP contribution in [0.5, 0.6) is 0 Å². The van der Waals surface area contributed by atoms with Crippen molar-refractivity contribution in [1.29, 1.82) is 0 Å². The topological polar surface area (TPSA) is 81.2 Å². The van der Waals surface area contributed by atoms with E-state index in [2.05, 4.69) is 27.0 Å². The zero-order valence-electron chi connectivity index (χ0n) is 21.2. The summed E-state index contributed by atoms with van der Waals surface area (Å²) in [7, 11) is 1.75. The van der Waals surface area contributed by atoms with Crippen LogP contribution in [0, 0.1) is 11.8 Å². The lowest BCUT2D eigenvalue weighted by molar-refractivity contribution is -0.145. The number of likely N-dealkylation sites (N-methyl/N-ethyl adjacent to an activating group) is 1. The molecule has 3 aliphatic rings. The van der Waals surface area contributed by atoms with Gasteiger partial charge in [-0.1, -0.05) is 25.5 Å². The minimum absolute atomic E-state index is 0.0242. The molecule has 7 nitrogen and oxygen atoms in total.